The highest BCUT2D eigenvalue weighted by Gasteiger charge is 1.78. The van der Waals surface area contributed by atoms with E-state index in [2.05, 4.69) is 11.6 Å². The molecule has 7 heavy (non-hydrogen) atoms. The zero-order valence-corrected chi connectivity index (χ0v) is 5.07. The van der Waals surface area contributed by atoms with Crippen molar-refractivity contribution < 1.29 is 0 Å². The summed E-state index contributed by atoms with van der Waals surface area (Å²) in [5.74, 6) is 0.492. The Balaban J connectivity index is 3.49. The molecule has 0 aliphatic heterocycles. The van der Waals surface area contributed by atoms with E-state index < -0.39 is 0 Å². The molecule has 0 fully saturated rings. The standard InChI is InChI=1S/C5H8ClN/c1-3-7-5(2)4-6/h3H,1,4H2,2H3. The Bertz CT molecular complexity index is 86.1. The molecule has 0 radical (unpaired) electrons. The predicted octanol–water partition coefficient (Wildman–Crippen LogP) is 1.83. The Labute approximate surface area is 48.7 Å². The van der Waals surface area contributed by atoms with Gasteiger partial charge in [0.15, 0.2) is 0 Å². The first-order valence-corrected chi connectivity index (χ1v) is 2.55. The summed E-state index contributed by atoms with van der Waals surface area (Å²) in [6, 6.07) is 0. The van der Waals surface area contributed by atoms with Gasteiger partial charge in [-0.2, -0.15) is 0 Å². The maximum absolute atomic E-state index is 5.35. The summed E-state index contributed by atoms with van der Waals surface area (Å²) < 4.78 is 0. The Morgan fingerprint density at radius 2 is 2.57 bits per heavy atom. The molecule has 0 aliphatic rings. The Morgan fingerprint density at radius 3 is 2.71 bits per heavy atom. The van der Waals surface area contributed by atoms with Gasteiger partial charge in [-0.15, -0.1) is 11.6 Å². The van der Waals surface area contributed by atoms with E-state index in [0.29, 0.717) is 5.88 Å². The van der Waals surface area contributed by atoms with Crippen molar-refractivity contribution in [3.05, 3.63) is 12.8 Å². The highest BCUT2D eigenvalue weighted by Crippen LogP contribution is 1.81. The fourth-order valence-corrected chi connectivity index (χ4v) is 0.259. The molecule has 0 rings (SSSR count). The molecule has 1 nitrogen and oxygen atoms in total. The van der Waals surface area contributed by atoms with Gasteiger partial charge in [0.25, 0.3) is 0 Å². The van der Waals surface area contributed by atoms with Crippen LogP contribution in [0.2, 0.25) is 0 Å². The molecule has 0 heterocycles. The second-order valence-electron chi connectivity index (χ2n) is 1.18. The minimum Gasteiger partial charge on any atom is -0.265 e. The third-order valence-corrected chi connectivity index (χ3v) is 0.892. The molecule has 0 bridgehead atoms. The number of aliphatic imine (C=N–C) groups is 1. The van der Waals surface area contributed by atoms with Gasteiger partial charge in [0, 0.05) is 11.9 Å². The van der Waals surface area contributed by atoms with E-state index in [4.69, 9.17) is 11.6 Å². The SMILES string of the molecule is C=CN=C(C)CCl. The van der Waals surface area contributed by atoms with Crippen LogP contribution in [0, 0.1) is 0 Å². The average Bonchev–Trinajstić information content (AvgIpc) is 1.68. The van der Waals surface area contributed by atoms with Crippen LogP contribution in [-0.2, 0) is 0 Å². The molecule has 0 saturated carbocycles. The predicted molar refractivity (Wildman–Crippen MR) is 34.0 cm³/mol. The van der Waals surface area contributed by atoms with Gasteiger partial charge in [0.1, 0.15) is 0 Å². The van der Waals surface area contributed by atoms with Crippen LogP contribution in [0.15, 0.2) is 17.8 Å². The van der Waals surface area contributed by atoms with Gasteiger partial charge in [-0.3, -0.25) is 4.99 Å². The van der Waals surface area contributed by atoms with Crippen molar-refractivity contribution in [1.82, 2.24) is 0 Å². The van der Waals surface area contributed by atoms with E-state index in [0.717, 1.165) is 5.71 Å². The number of nitrogens with zero attached hydrogens (tertiary/aromatic N) is 1. The third kappa shape index (κ3) is 3.53. The number of alkyl halides is 1. The molecule has 0 aromatic carbocycles. The molecule has 0 aliphatic carbocycles. The Hall–Kier alpha value is -0.300. The molecule has 0 N–H and O–H groups in total. The van der Waals surface area contributed by atoms with Crippen molar-refractivity contribution in [2.24, 2.45) is 4.99 Å². The van der Waals surface area contributed by atoms with Crippen LogP contribution in [0.1, 0.15) is 6.92 Å². The minimum absolute atomic E-state index is 0.492. The summed E-state index contributed by atoms with van der Waals surface area (Å²) in [5.41, 5.74) is 0.900. The van der Waals surface area contributed by atoms with E-state index in [1.807, 2.05) is 6.92 Å². The maximum Gasteiger partial charge on any atom is 0.0605 e. The van der Waals surface area contributed by atoms with E-state index in [9.17, 15) is 0 Å². The highest BCUT2D eigenvalue weighted by molar-refractivity contribution is 6.28. The largest absolute Gasteiger partial charge is 0.265 e. The molecule has 0 aromatic rings. The summed E-state index contributed by atoms with van der Waals surface area (Å²) in [7, 11) is 0. The maximum atomic E-state index is 5.35. The fraction of sp³-hybridized carbons (Fsp3) is 0.400. The lowest BCUT2D eigenvalue weighted by Gasteiger charge is -1.83. The van der Waals surface area contributed by atoms with E-state index >= 15 is 0 Å². The number of hydrogen-bond donors (Lipinski definition) is 0. The fourth-order valence-electron chi connectivity index (χ4n) is 0.190. The van der Waals surface area contributed by atoms with E-state index in [-0.39, 0.29) is 0 Å². The van der Waals surface area contributed by atoms with Gasteiger partial charge in [0.05, 0.1) is 5.88 Å². The van der Waals surface area contributed by atoms with Crippen LogP contribution in [0.3, 0.4) is 0 Å². The zero-order valence-electron chi connectivity index (χ0n) is 4.32. The van der Waals surface area contributed by atoms with E-state index in [1.54, 1.807) is 0 Å². The monoisotopic (exact) mass is 117 g/mol. The molecule has 0 spiro atoms. The quantitative estimate of drug-likeness (QED) is 0.387. The van der Waals surface area contributed by atoms with Gasteiger partial charge in [0.2, 0.25) is 0 Å². The third-order valence-electron chi connectivity index (χ3n) is 0.505. The number of hydrogen-bond acceptors (Lipinski definition) is 1. The molecule has 0 amide bonds. The number of rotatable bonds is 2. The van der Waals surface area contributed by atoms with Gasteiger partial charge in [-0.1, -0.05) is 6.58 Å². The van der Waals surface area contributed by atoms with Gasteiger partial charge in [-0.05, 0) is 6.92 Å². The number of halogens is 1. The van der Waals surface area contributed by atoms with Gasteiger partial charge >= 0.3 is 0 Å². The summed E-state index contributed by atoms with van der Waals surface area (Å²) >= 11 is 5.35. The summed E-state index contributed by atoms with van der Waals surface area (Å²) in [6.45, 7) is 5.26. The molecule has 0 saturated heterocycles. The summed E-state index contributed by atoms with van der Waals surface area (Å²) in [6.07, 6.45) is 1.48. The van der Waals surface area contributed by atoms with Crippen molar-refractivity contribution in [3.63, 3.8) is 0 Å². The van der Waals surface area contributed by atoms with Crippen molar-refractivity contribution in [2.75, 3.05) is 5.88 Å². The molecular formula is C5H8ClN. The molecular weight excluding hydrogens is 110 g/mol. The smallest absolute Gasteiger partial charge is 0.0605 e. The second-order valence-corrected chi connectivity index (χ2v) is 1.45. The van der Waals surface area contributed by atoms with Crippen LogP contribution in [0.4, 0.5) is 0 Å². The Kier molecular flexibility index (Phi) is 3.71. The van der Waals surface area contributed by atoms with Crippen LogP contribution in [0.25, 0.3) is 0 Å². The lowest BCUT2D eigenvalue weighted by atomic mass is 10.5. The van der Waals surface area contributed by atoms with Crippen molar-refractivity contribution >= 4 is 17.3 Å². The minimum atomic E-state index is 0.492. The lowest BCUT2D eigenvalue weighted by Crippen LogP contribution is -1.88. The topological polar surface area (TPSA) is 12.4 Å². The molecule has 40 valence electrons. The summed E-state index contributed by atoms with van der Waals surface area (Å²) in [4.78, 5) is 3.79. The molecule has 2 heteroatoms. The van der Waals surface area contributed by atoms with Crippen molar-refractivity contribution in [1.29, 1.82) is 0 Å². The van der Waals surface area contributed by atoms with Gasteiger partial charge in [-0.25, -0.2) is 0 Å². The van der Waals surface area contributed by atoms with Gasteiger partial charge < -0.3 is 0 Å². The van der Waals surface area contributed by atoms with Crippen LogP contribution in [-0.4, -0.2) is 11.6 Å². The van der Waals surface area contributed by atoms with Crippen LogP contribution in [0.5, 0.6) is 0 Å². The first kappa shape index (κ1) is 6.70. The first-order valence-electron chi connectivity index (χ1n) is 2.01. The lowest BCUT2D eigenvalue weighted by molar-refractivity contribution is 1.52. The summed E-state index contributed by atoms with van der Waals surface area (Å²) in [5, 5.41) is 0. The first-order chi connectivity index (χ1) is 3.31. The van der Waals surface area contributed by atoms with Crippen molar-refractivity contribution in [3.8, 4) is 0 Å². The molecule has 0 unspecified atom stereocenters. The highest BCUT2D eigenvalue weighted by atomic mass is 35.5. The van der Waals surface area contributed by atoms with Crippen LogP contribution < -0.4 is 0 Å². The van der Waals surface area contributed by atoms with E-state index in [1.165, 1.54) is 6.20 Å². The second kappa shape index (κ2) is 3.88. The van der Waals surface area contributed by atoms with Crippen molar-refractivity contribution in [2.45, 2.75) is 6.92 Å². The zero-order chi connectivity index (χ0) is 5.70. The average molecular weight is 118 g/mol. The normalized spacial score (nSPS) is 11.4. The molecule has 0 aromatic heterocycles. The van der Waals surface area contributed by atoms with Crippen LogP contribution >= 0.6 is 11.6 Å². The molecule has 0 atom stereocenters. The Morgan fingerprint density at radius 1 is 2.00 bits per heavy atom.